The van der Waals surface area contributed by atoms with E-state index in [4.69, 9.17) is 0 Å². The van der Waals surface area contributed by atoms with Gasteiger partial charge in [0.25, 0.3) is 0 Å². The second-order valence-corrected chi connectivity index (χ2v) is 6.20. The quantitative estimate of drug-likeness (QED) is 0.822. The van der Waals surface area contributed by atoms with Crippen LogP contribution >= 0.6 is 0 Å². The molecule has 1 rings (SSSR count). The number of carbonyl (C=O) groups is 2. The number of hydrogen-bond donors (Lipinski definition) is 1. The predicted molar refractivity (Wildman–Crippen MR) is 69.4 cm³/mol. The third-order valence-corrected chi connectivity index (χ3v) is 3.26. The van der Waals surface area contributed by atoms with Crippen molar-refractivity contribution in [3.05, 3.63) is 0 Å². The van der Waals surface area contributed by atoms with Crippen molar-refractivity contribution in [3.8, 4) is 0 Å². The first-order valence-corrected chi connectivity index (χ1v) is 6.45. The Morgan fingerprint density at radius 3 is 2.28 bits per heavy atom. The molecule has 1 aliphatic rings. The molecule has 1 atom stereocenters. The fourth-order valence-electron chi connectivity index (χ4n) is 2.51. The molecule has 0 aliphatic carbocycles. The average Bonchev–Trinajstić information content (AvgIpc) is 2.62. The SMILES string of the molecule is CC(C)C(=O)N1CCC(N(C(=O)O)C(C)(C)C)C1. The second-order valence-electron chi connectivity index (χ2n) is 6.20. The fraction of sp³-hybridized carbons (Fsp3) is 0.846. The molecule has 18 heavy (non-hydrogen) atoms. The summed E-state index contributed by atoms with van der Waals surface area (Å²) >= 11 is 0. The van der Waals surface area contributed by atoms with Crippen molar-refractivity contribution in [3.63, 3.8) is 0 Å². The molecular formula is C13H24N2O3. The highest BCUT2D eigenvalue weighted by molar-refractivity contribution is 5.78. The van der Waals surface area contributed by atoms with Gasteiger partial charge in [0.1, 0.15) is 0 Å². The van der Waals surface area contributed by atoms with Crippen LogP contribution in [-0.4, -0.2) is 51.6 Å². The highest BCUT2D eigenvalue weighted by Gasteiger charge is 2.38. The lowest BCUT2D eigenvalue weighted by atomic mass is 10.0. The van der Waals surface area contributed by atoms with E-state index in [1.807, 2.05) is 34.6 Å². The van der Waals surface area contributed by atoms with Crippen LogP contribution in [-0.2, 0) is 4.79 Å². The van der Waals surface area contributed by atoms with E-state index < -0.39 is 11.6 Å². The maximum atomic E-state index is 11.9. The summed E-state index contributed by atoms with van der Waals surface area (Å²) in [7, 11) is 0. The predicted octanol–water partition coefficient (Wildman–Crippen LogP) is 2.02. The summed E-state index contributed by atoms with van der Waals surface area (Å²) in [5.74, 6) is 0.0772. The van der Waals surface area contributed by atoms with Crippen LogP contribution in [0.25, 0.3) is 0 Å². The van der Waals surface area contributed by atoms with E-state index in [9.17, 15) is 14.7 Å². The molecule has 0 aromatic carbocycles. The van der Waals surface area contributed by atoms with E-state index in [-0.39, 0.29) is 17.9 Å². The van der Waals surface area contributed by atoms with Crippen molar-refractivity contribution in [2.45, 2.75) is 52.6 Å². The molecule has 0 radical (unpaired) electrons. The molecule has 1 N–H and O–H groups in total. The van der Waals surface area contributed by atoms with Crippen LogP contribution in [0.4, 0.5) is 4.79 Å². The van der Waals surface area contributed by atoms with Crippen LogP contribution in [0.1, 0.15) is 41.0 Å². The number of hydrogen-bond acceptors (Lipinski definition) is 2. The lowest BCUT2D eigenvalue weighted by Crippen LogP contribution is -2.52. The number of likely N-dealkylation sites (tertiary alicyclic amines) is 1. The van der Waals surface area contributed by atoms with E-state index in [0.717, 1.165) is 6.42 Å². The van der Waals surface area contributed by atoms with Crippen molar-refractivity contribution >= 4 is 12.0 Å². The van der Waals surface area contributed by atoms with Crippen molar-refractivity contribution < 1.29 is 14.7 Å². The van der Waals surface area contributed by atoms with Gasteiger partial charge in [-0.1, -0.05) is 13.8 Å². The van der Waals surface area contributed by atoms with E-state index in [2.05, 4.69) is 0 Å². The van der Waals surface area contributed by atoms with E-state index in [1.165, 1.54) is 4.90 Å². The summed E-state index contributed by atoms with van der Waals surface area (Å²) in [6.45, 7) is 10.6. The van der Waals surface area contributed by atoms with Crippen LogP contribution in [0.2, 0.25) is 0 Å². The first-order valence-electron chi connectivity index (χ1n) is 6.45. The Morgan fingerprint density at radius 1 is 1.33 bits per heavy atom. The second kappa shape index (κ2) is 5.16. The zero-order chi connectivity index (χ0) is 14.1. The normalized spacial score (nSPS) is 20.3. The topological polar surface area (TPSA) is 60.9 Å². The Hall–Kier alpha value is -1.26. The van der Waals surface area contributed by atoms with Crippen LogP contribution in [0, 0.1) is 5.92 Å². The van der Waals surface area contributed by atoms with E-state index in [1.54, 1.807) is 4.90 Å². The smallest absolute Gasteiger partial charge is 0.408 e. The minimum Gasteiger partial charge on any atom is -0.465 e. The van der Waals surface area contributed by atoms with E-state index >= 15 is 0 Å². The molecule has 0 saturated carbocycles. The minimum atomic E-state index is -0.911. The standard InChI is InChI=1S/C13H24N2O3/c1-9(2)11(16)14-7-6-10(8-14)15(12(17)18)13(3,4)5/h9-10H,6-8H2,1-5H3,(H,17,18). The van der Waals surface area contributed by atoms with Gasteiger partial charge in [-0.15, -0.1) is 0 Å². The molecule has 1 fully saturated rings. The van der Waals surface area contributed by atoms with E-state index in [0.29, 0.717) is 13.1 Å². The van der Waals surface area contributed by atoms with Gasteiger partial charge < -0.3 is 10.0 Å². The third kappa shape index (κ3) is 3.15. The third-order valence-electron chi connectivity index (χ3n) is 3.26. The number of rotatable bonds is 2. The molecule has 0 aromatic heterocycles. The molecule has 5 nitrogen and oxygen atoms in total. The average molecular weight is 256 g/mol. The Bertz CT molecular complexity index is 334. The van der Waals surface area contributed by atoms with Crippen LogP contribution in [0.3, 0.4) is 0 Å². The largest absolute Gasteiger partial charge is 0.465 e. The maximum Gasteiger partial charge on any atom is 0.408 e. The van der Waals surface area contributed by atoms with Crippen LogP contribution in [0.15, 0.2) is 0 Å². The minimum absolute atomic E-state index is 0.0309. The molecule has 104 valence electrons. The fourth-order valence-corrected chi connectivity index (χ4v) is 2.51. The van der Waals surface area contributed by atoms with Gasteiger partial charge in [0.2, 0.25) is 5.91 Å². The molecular weight excluding hydrogens is 232 g/mol. The van der Waals surface area contributed by atoms with Crippen molar-refractivity contribution in [2.75, 3.05) is 13.1 Å². The number of carbonyl (C=O) groups excluding carboxylic acids is 1. The maximum absolute atomic E-state index is 11.9. The Labute approximate surface area is 109 Å². The van der Waals surface area contributed by atoms with Gasteiger partial charge in [-0.05, 0) is 27.2 Å². The molecule has 0 aromatic rings. The zero-order valence-corrected chi connectivity index (χ0v) is 11.9. The zero-order valence-electron chi connectivity index (χ0n) is 11.9. The molecule has 5 heteroatoms. The Kier molecular flexibility index (Phi) is 4.24. The molecule has 0 spiro atoms. The highest BCUT2D eigenvalue weighted by Crippen LogP contribution is 2.24. The summed E-state index contributed by atoms with van der Waals surface area (Å²) in [4.78, 5) is 26.5. The number of carboxylic acid groups (broad SMARTS) is 1. The number of nitrogens with zero attached hydrogens (tertiary/aromatic N) is 2. The van der Waals surface area contributed by atoms with Gasteiger partial charge in [0, 0.05) is 24.5 Å². The molecule has 1 saturated heterocycles. The van der Waals surface area contributed by atoms with Gasteiger partial charge >= 0.3 is 6.09 Å². The van der Waals surface area contributed by atoms with Crippen molar-refractivity contribution in [1.82, 2.24) is 9.80 Å². The molecule has 1 unspecified atom stereocenters. The Balaban J connectivity index is 2.76. The number of amides is 2. The lowest BCUT2D eigenvalue weighted by molar-refractivity contribution is -0.133. The first kappa shape index (κ1) is 14.8. The molecule has 0 bridgehead atoms. The van der Waals surface area contributed by atoms with Crippen LogP contribution in [0.5, 0.6) is 0 Å². The summed E-state index contributed by atoms with van der Waals surface area (Å²) in [5.41, 5.74) is -0.437. The first-order chi connectivity index (χ1) is 8.14. The van der Waals surface area contributed by atoms with Crippen LogP contribution < -0.4 is 0 Å². The van der Waals surface area contributed by atoms with Crippen molar-refractivity contribution in [1.29, 1.82) is 0 Å². The Morgan fingerprint density at radius 2 is 1.89 bits per heavy atom. The molecule has 1 heterocycles. The summed E-state index contributed by atoms with van der Waals surface area (Å²) < 4.78 is 0. The van der Waals surface area contributed by atoms with Gasteiger partial charge in [0.05, 0.1) is 6.04 Å². The molecule has 1 aliphatic heterocycles. The highest BCUT2D eigenvalue weighted by atomic mass is 16.4. The van der Waals surface area contributed by atoms with Gasteiger partial charge in [-0.2, -0.15) is 0 Å². The van der Waals surface area contributed by atoms with Gasteiger partial charge in [-0.3, -0.25) is 9.69 Å². The summed E-state index contributed by atoms with van der Waals surface area (Å²) in [6, 6.07) is -0.0924. The van der Waals surface area contributed by atoms with Crippen molar-refractivity contribution in [2.24, 2.45) is 5.92 Å². The summed E-state index contributed by atoms with van der Waals surface area (Å²) in [5, 5.41) is 9.33. The molecule has 2 amide bonds. The van der Waals surface area contributed by atoms with Gasteiger partial charge in [-0.25, -0.2) is 4.79 Å². The van der Waals surface area contributed by atoms with Gasteiger partial charge in [0.15, 0.2) is 0 Å². The monoisotopic (exact) mass is 256 g/mol. The summed E-state index contributed by atoms with van der Waals surface area (Å²) in [6.07, 6.45) is -0.187. The lowest BCUT2D eigenvalue weighted by Gasteiger charge is -2.37.